The normalized spacial score (nSPS) is 11.6. The van der Waals surface area contributed by atoms with E-state index < -0.39 is 0 Å². The number of aromatic nitrogens is 1. The maximum absolute atomic E-state index is 4.69. The van der Waals surface area contributed by atoms with E-state index in [9.17, 15) is 0 Å². The van der Waals surface area contributed by atoms with Crippen molar-refractivity contribution in [2.75, 3.05) is 11.9 Å². The van der Waals surface area contributed by atoms with Gasteiger partial charge in [0.15, 0.2) is 5.13 Å². The fraction of sp³-hybridized carbons (Fsp3) is 0.438. The van der Waals surface area contributed by atoms with Crippen molar-refractivity contribution in [3.05, 3.63) is 47.0 Å². The number of thiazole rings is 1. The summed E-state index contributed by atoms with van der Waals surface area (Å²) in [7, 11) is 2.09. The molecular weight excluding hydrogens is 266 g/mol. The first-order valence-electron chi connectivity index (χ1n) is 6.88. The van der Waals surface area contributed by atoms with Gasteiger partial charge in [-0.2, -0.15) is 0 Å². The lowest BCUT2D eigenvalue weighted by atomic mass is 10.1. The summed E-state index contributed by atoms with van der Waals surface area (Å²) in [5.74, 6) is 0. The van der Waals surface area contributed by atoms with Crippen LogP contribution in [-0.2, 0) is 13.1 Å². The molecule has 0 amide bonds. The Balaban J connectivity index is 1.94. The van der Waals surface area contributed by atoms with Crippen molar-refractivity contribution >= 4 is 16.5 Å². The average molecular weight is 289 g/mol. The van der Waals surface area contributed by atoms with E-state index in [1.54, 1.807) is 11.3 Å². The summed E-state index contributed by atoms with van der Waals surface area (Å²) in [4.78, 5) is 6.89. The molecule has 0 aliphatic heterocycles. The van der Waals surface area contributed by atoms with Gasteiger partial charge in [-0.05, 0) is 26.3 Å². The first kappa shape index (κ1) is 15.0. The Labute approximate surface area is 125 Å². The maximum Gasteiger partial charge on any atom is 0.185 e. The van der Waals surface area contributed by atoms with E-state index in [2.05, 4.69) is 67.7 Å². The van der Waals surface area contributed by atoms with E-state index in [0.29, 0.717) is 0 Å². The molecule has 3 nitrogen and oxygen atoms in total. The zero-order chi connectivity index (χ0) is 14.6. The van der Waals surface area contributed by atoms with Crippen LogP contribution in [0.1, 0.15) is 32.0 Å². The molecule has 108 valence electrons. The molecule has 0 aliphatic rings. The molecule has 0 atom stereocenters. The highest BCUT2D eigenvalue weighted by molar-refractivity contribution is 7.13. The first-order valence-corrected chi connectivity index (χ1v) is 7.76. The predicted molar refractivity (Wildman–Crippen MR) is 87.3 cm³/mol. The molecule has 20 heavy (non-hydrogen) atoms. The van der Waals surface area contributed by atoms with Crippen LogP contribution in [-0.4, -0.2) is 17.6 Å². The average Bonchev–Trinajstić information content (AvgIpc) is 2.86. The molecule has 0 bridgehead atoms. The van der Waals surface area contributed by atoms with Crippen LogP contribution in [0.15, 0.2) is 35.7 Å². The lowest BCUT2D eigenvalue weighted by molar-refractivity contribution is 0.422. The maximum atomic E-state index is 4.69. The number of rotatable bonds is 5. The van der Waals surface area contributed by atoms with Crippen LogP contribution < -0.4 is 10.2 Å². The molecule has 1 aromatic heterocycles. The Morgan fingerprint density at radius 3 is 2.55 bits per heavy atom. The zero-order valence-electron chi connectivity index (χ0n) is 12.7. The fourth-order valence-electron chi connectivity index (χ4n) is 1.83. The van der Waals surface area contributed by atoms with Crippen molar-refractivity contribution < 1.29 is 0 Å². The van der Waals surface area contributed by atoms with Crippen LogP contribution in [0.25, 0.3) is 0 Å². The Morgan fingerprint density at radius 1 is 1.20 bits per heavy atom. The van der Waals surface area contributed by atoms with Gasteiger partial charge in [-0.25, -0.2) is 4.98 Å². The molecule has 0 saturated heterocycles. The van der Waals surface area contributed by atoms with E-state index in [1.165, 1.54) is 5.56 Å². The van der Waals surface area contributed by atoms with Crippen molar-refractivity contribution in [1.82, 2.24) is 10.3 Å². The number of hydrogen-bond acceptors (Lipinski definition) is 4. The van der Waals surface area contributed by atoms with Gasteiger partial charge in [0, 0.05) is 31.1 Å². The lowest BCUT2D eigenvalue weighted by Crippen LogP contribution is -2.35. The summed E-state index contributed by atoms with van der Waals surface area (Å²) in [6.07, 6.45) is 0. The minimum Gasteiger partial charge on any atom is -0.347 e. The van der Waals surface area contributed by atoms with Gasteiger partial charge in [0.05, 0.1) is 5.69 Å². The fourth-order valence-corrected chi connectivity index (χ4v) is 2.63. The Bertz CT molecular complexity index is 528. The third-order valence-electron chi connectivity index (χ3n) is 2.93. The largest absolute Gasteiger partial charge is 0.347 e. The molecule has 1 heterocycles. The highest BCUT2D eigenvalue weighted by Crippen LogP contribution is 2.21. The summed E-state index contributed by atoms with van der Waals surface area (Å²) >= 11 is 1.70. The second kappa shape index (κ2) is 6.37. The van der Waals surface area contributed by atoms with Gasteiger partial charge < -0.3 is 10.2 Å². The summed E-state index contributed by atoms with van der Waals surface area (Å²) in [6.45, 7) is 8.21. The molecule has 4 heteroatoms. The molecule has 0 fully saturated rings. The van der Waals surface area contributed by atoms with E-state index in [4.69, 9.17) is 4.98 Å². The van der Waals surface area contributed by atoms with Crippen LogP contribution in [0.5, 0.6) is 0 Å². The summed E-state index contributed by atoms with van der Waals surface area (Å²) in [6, 6.07) is 10.5. The van der Waals surface area contributed by atoms with Crippen molar-refractivity contribution in [2.45, 2.75) is 39.4 Å². The molecule has 2 rings (SSSR count). The molecule has 0 unspecified atom stereocenters. The Morgan fingerprint density at radius 2 is 1.90 bits per heavy atom. The van der Waals surface area contributed by atoms with E-state index >= 15 is 0 Å². The number of nitrogens with one attached hydrogen (secondary N) is 1. The lowest BCUT2D eigenvalue weighted by Gasteiger charge is -2.19. The van der Waals surface area contributed by atoms with Gasteiger partial charge in [-0.15, -0.1) is 11.3 Å². The SMILES string of the molecule is CN(Cc1ccccc1)c1nc(CNC(C)(C)C)cs1. The second-order valence-electron chi connectivity index (χ2n) is 6.07. The molecule has 1 N–H and O–H groups in total. The Hall–Kier alpha value is -1.39. The third-order valence-corrected chi connectivity index (χ3v) is 3.93. The van der Waals surface area contributed by atoms with Crippen molar-refractivity contribution in [3.63, 3.8) is 0 Å². The van der Waals surface area contributed by atoms with Crippen LogP contribution >= 0.6 is 11.3 Å². The highest BCUT2D eigenvalue weighted by atomic mass is 32.1. The monoisotopic (exact) mass is 289 g/mol. The van der Waals surface area contributed by atoms with E-state index in [-0.39, 0.29) is 5.54 Å². The first-order chi connectivity index (χ1) is 9.44. The van der Waals surface area contributed by atoms with Crippen molar-refractivity contribution in [3.8, 4) is 0 Å². The van der Waals surface area contributed by atoms with Gasteiger partial charge in [-0.1, -0.05) is 30.3 Å². The topological polar surface area (TPSA) is 28.2 Å². The molecule has 0 radical (unpaired) electrons. The Kier molecular flexibility index (Phi) is 4.78. The van der Waals surface area contributed by atoms with Crippen LogP contribution in [0.2, 0.25) is 0 Å². The highest BCUT2D eigenvalue weighted by Gasteiger charge is 2.11. The van der Waals surface area contributed by atoms with E-state index in [1.807, 2.05) is 6.07 Å². The minimum atomic E-state index is 0.125. The molecule has 0 spiro atoms. The minimum absolute atomic E-state index is 0.125. The molecule has 0 saturated carbocycles. The molecule has 1 aromatic carbocycles. The molecular formula is C16H23N3S. The second-order valence-corrected chi connectivity index (χ2v) is 6.90. The van der Waals surface area contributed by atoms with Gasteiger partial charge in [0.2, 0.25) is 0 Å². The number of benzene rings is 1. The summed E-state index contributed by atoms with van der Waals surface area (Å²) in [5.41, 5.74) is 2.54. The van der Waals surface area contributed by atoms with E-state index in [0.717, 1.165) is 23.9 Å². The molecule has 2 aromatic rings. The predicted octanol–water partition coefficient (Wildman–Crippen LogP) is 3.67. The summed E-state index contributed by atoms with van der Waals surface area (Å²) in [5, 5.41) is 6.67. The van der Waals surface area contributed by atoms with Crippen LogP contribution in [0, 0.1) is 0 Å². The number of hydrogen-bond donors (Lipinski definition) is 1. The van der Waals surface area contributed by atoms with Gasteiger partial charge in [0.25, 0.3) is 0 Å². The van der Waals surface area contributed by atoms with Crippen molar-refractivity contribution in [1.29, 1.82) is 0 Å². The smallest absolute Gasteiger partial charge is 0.185 e. The third kappa shape index (κ3) is 4.62. The standard InChI is InChI=1S/C16H23N3S/c1-16(2,3)17-10-14-12-20-15(18-14)19(4)11-13-8-6-5-7-9-13/h5-9,12,17H,10-11H2,1-4H3. The van der Waals surface area contributed by atoms with Crippen LogP contribution in [0.3, 0.4) is 0 Å². The van der Waals surface area contributed by atoms with Gasteiger partial charge in [0.1, 0.15) is 0 Å². The number of nitrogens with zero attached hydrogens (tertiary/aromatic N) is 2. The number of anilines is 1. The quantitative estimate of drug-likeness (QED) is 0.910. The van der Waals surface area contributed by atoms with Gasteiger partial charge >= 0.3 is 0 Å². The summed E-state index contributed by atoms with van der Waals surface area (Å²) < 4.78 is 0. The van der Waals surface area contributed by atoms with Crippen LogP contribution in [0.4, 0.5) is 5.13 Å². The molecule has 0 aliphatic carbocycles. The van der Waals surface area contributed by atoms with Crippen molar-refractivity contribution in [2.24, 2.45) is 0 Å². The zero-order valence-corrected chi connectivity index (χ0v) is 13.5. The van der Waals surface area contributed by atoms with Gasteiger partial charge in [-0.3, -0.25) is 0 Å².